The molecule has 17 heavy (non-hydrogen) atoms. The predicted octanol–water partition coefficient (Wildman–Crippen LogP) is 1.69. The molecule has 1 amide bonds. The molecule has 0 aliphatic heterocycles. The van der Waals surface area contributed by atoms with Crippen LogP contribution >= 0.6 is 11.3 Å². The second-order valence-corrected chi connectivity index (χ2v) is 4.79. The number of nitrogens with zero attached hydrogens (tertiary/aromatic N) is 1. The summed E-state index contributed by atoms with van der Waals surface area (Å²) >= 11 is 1.59. The zero-order valence-corrected chi connectivity index (χ0v) is 10.2. The van der Waals surface area contributed by atoms with Crippen molar-refractivity contribution in [3.05, 3.63) is 29.3 Å². The molecule has 1 heterocycles. The van der Waals surface area contributed by atoms with E-state index in [1.54, 1.807) is 11.3 Å². The molecule has 0 saturated carbocycles. The zero-order chi connectivity index (χ0) is 12.1. The van der Waals surface area contributed by atoms with Crippen LogP contribution in [0, 0.1) is 0 Å². The number of aliphatic hydroxyl groups is 1. The summed E-state index contributed by atoms with van der Waals surface area (Å²) in [5.41, 5.74) is 0.970. The second-order valence-electron chi connectivity index (χ2n) is 3.68. The number of aromatic nitrogens is 1. The Morgan fingerprint density at radius 1 is 1.41 bits per heavy atom. The average Bonchev–Trinajstić information content (AvgIpc) is 2.76. The van der Waals surface area contributed by atoms with Crippen molar-refractivity contribution in [2.75, 3.05) is 6.61 Å². The largest absolute Gasteiger partial charge is 0.396 e. The number of thiazole rings is 1. The first-order chi connectivity index (χ1) is 8.29. The molecule has 5 heteroatoms. The van der Waals surface area contributed by atoms with Crippen molar-refractivity contribution in [1.29, 1.82) is 0 Å². The van der Waals surface area contributed by atoms with Gasteiger partial charge in [-0.2, -0.15) is 0 Å². The van der Waals surface area contributed by atoms with Gasteiger partial charge in [-0.1, -0.05) is 12.1 Å². The topological polar surface area (TPSA) is 62.2 Å². The molecule has 0 radical (unpaired) electrons. The number of nitrogens with one attached hydrogen (secondary N) is 1. The lowest BCUT2D eigenvalue weighted by Gasteiger charge is -2.00. The summed E-state index contributed by atoms with van der Waals surface area (Å²) in [6.45, 7) is 0.512. The van der Waals surface area contributed by atoms with E-state index in [1.165, 1.54) is 0 Å². The molecular weight excluding hydrogens is 236 g/mol. The molecule has 4 nitrogen and oxygen atoms in total. The number of carbonyl (C=O) groups excluding carboxylic acids is 1. The highest BCUT2D eigenvalue weighted by Gasteiger charge is 2.05. The highest BCUT2D eigenvalue weighted by Crippen LogP contribution is 2.21. The third kappa shape index (κ3) is 3.25. The Morgan fingerprint density at radius 3 is 3.00 bits per heavy atom. The Labute approximate surface area is 103 Å². The molecule has 90 valence electrons. The Hall–Kier alpha value is -1.46. The third-order valence-corrected chi connectivity index (χ3v) is 3.37. The van der Waals surface area contributed by atoms with Crippen molar-refractivity contribution in [1.82, 2.24) is 10.3 Å². The van der Waals surface area contributed by atoms with E-state index in [0.29, 0.717) is 19.4 Å². The smallest absolute Gasteiger partial charge is 0.220 e. The average molecular weight is 250 g/mol. The van der Waals surface area contributed by atoms with Gasteiger partial charge in [0.2, 0.25) is 5.91 Å². The highest BCUT2D eigenvalue weighted by atomic mass is 32.1. The lowest BCUT2D eigenvalue weighted by atomic mass is 10.3. The van der Waals surface area contributed by atoms with Gasteiger partial charge >= 0.3 is 0 Å². The number of fused-ring (bicyclic) bond motifs is 1. The Balaban J connectivity index is 1.92. The minimum absolute atomic E-state index is 0.0432. The fourth-order valence-corrected chi connectivity index (χ4v) is 2.40. The van der Waals surface area contributed by atoms with Crippen molar-refractivity contribution in [3.8, 4) is 0 Å². The number of amides is 1. The molecule has 0 fully saturated rings. The van der Waals surface area contributed by atoms with Gasteiger partial charge in [-0.05, 0) is 18.6 Å². The van der Waals surface area contributed by atoms with Gasteiger partial charge in [0.25, 0.3) is 0 Å². The zero-order valence-electron chi connectivity index (χ0n) is 9.35. The van der Waals surface area contributed by atoms with Crippen LogP contribution in [0.25, 0.3) is 10.2 Å². The van der Waals surface area contributed by atoms with E-state index in [4.69, 9.17) is 5.11 Å². The molecule has 2 aromatic rings. The molecule has 0 saturated heterocycles. The van der Waals surface area contributed by atoms with Crippen molar-refractivity contribution in [3.63, 3.8) is 0 Å². The predicted molar refractivity (Wildman–Crippen MR) is 67.8 cm³/mol. The maximum absolute atomic E-state index is 11.3. The number of para-hydroxylation sites is 1. The summed E-state index contributed by atoms with van der Waals surface area (Å²) in [6, 6.07) is 7.91. The molecular formula is C12H14N2O2S. The summed E-state index contributed by atoms with van der Waals surface area (Å²) in [5, 5.41) is 12.3. The minimum Gasteiger partial charge on any atom is -0.396 e. The van der Waals surface area contributed by atoms with E-state index in [9.17, 15) is 4.79 Å². The number of benzene rings is 1. The van der Waals surface area contributed by atoms with Crippen LogP contribution in [0.3, 0.4) is 0 Å². The van der Waals surface area contributed by atoms with Gasteiger partial charge in [-0.3, -0.25) is 4.79 Å². The van der Waals surface area contributed by atoms with Crippen LogP contribution in [0.1, 0.15) is 17.8 Å². The molecule has 0 aliphatic rings. The number of hydrogen-bond acceptors (Lipinski definition) is 4. The van der Waals surface area contributed by atoms with Crippen LogP contribution in [0.4, 0.5) is 0 Å². The normalized spacial score (nSPS) is 10.6. The molecule has 0 spiro atoms. The van der Waals surface area contributed by atoms with Crippen LogP contribution in [-0.4, -0.2) is 22.6 Å². The third-order valence-electron chi connectivity index (χ3n) is 2.34. The van der Waals surface area contributed by atoms with Crippen molar-refractivity contribution < 1.29 is 9.90 Å². The Kier molecular flexibility index (Phi) is 4.06. The van der Waals surface area contributed by atoms with Crippen LogP contribution in [0.15, 0.2) is 24.3 Å². The number of hydrogen-bond donors (Lipinski definition) is 2. The number of rotatable bonds is 5. The summed E-state index contributed by atoms with van der Waals surface area (Å²) in [5.74, 6) is -0.0432. The molecule has 1 aromatic heterocycles. The Morgan fingerprint density at radius 2 is 2.24 bits per heavy atom. The SMILES string of the molecule is O=C(CCCO)NCc1nc2ccccc2s1. The van der Waals surface area contributed by atoms with Crippen molar-refractivity contribution >= 4 is 27.5 Å². The Bertz CT molecular complexity index is 477. The molecule has 2 N–H and O–H groups in total. The first-order valence-corrected chi connectivity index (χ1v) is 6.33. The van der Waals surface area contributed by atoms with E-state index in [-0.39, 0.29) is 12.5 Å². The fraction of sp³-hybridized carbons (Fsp3) is 0.333. The first kappa shape index (κ1) is 12.0. The lowest BCUT2D eigenvalue weighted by Crippen LogP contribution is -2.22. The maximum Gasteiger partial charge on any atom is 0.220 e. The summed E-state index contributed by atoms with van der Waals surface area (Å²) in [7, 11) is 0. The van der Waals surface area contributed by atoms with E-state index in [0.717, 1.165) is 15.2 Å². The molecule has 0 atom stereocenters. The van der Waals surface area contributed by atoms with E-state index >= 15 is 0 Å². The summed E-state index contributed by atoms with van der Waals surface area (Å²) in [4.78, 5) is 15.8. The van der Waals surface area contributed by atoms with Crippen LogP contribution in [0.2, 0.25) is 0 Å². The molecule has 0 unspecified atom stereocenters. The van der Waals surface area contributed by atoms with Crippen molar-refractivity contribution in [2.24, 2.45) is 0 Å². The van der Waals surface area contributed by atoms with Gasteiger partial charge in [0, 0.05) is 13.0 Å². The van der Waals surface area contributed by atoms with E-state index in [2.05, 4.69) is 10.3 Å². The van der Waals surface area contributed by atoms with Gasteiger partial charge in [0.15, 0.2) is 0 Å². The number of carbonyl (C=O) groups is 1. The lowest BCUT2D eigenvalue weighted by molar-refractivity contribution is -0.121. The van der Waals surface area contributed by atoms with E-state index in [1.807, 2.05) is 24.3 Å². The quantitative estimate of drug-likeness (QED) is 0.848. The fourth-order valence-electron chi connectivity index (χ4n) is 1.50. The monoisotopic (exact) mass is 250 g/mol. The van der Waals surface area contributed by atoms with Crippen LogP contribution in [0.5, 0.6) is 0 Å². The van der Waals surface area contributed by atoms with Crippen molar-refractivity contribution in [2.45, 2.75) is 19.4 Å². The second kappa shape index (κ2) is 5.75. The van der Waals surface area contributed by atoms with Crippen LogP contribution < -0.4 is 5.32 Å². The summed E-state index contributed by atoms with van der Waals surface area (Å²) in [6.07, 6.45) is 0.868. The molecule has 1 aromatic carbocycles. The van der Waals surface area contributed by atoms with Gasteiger partial charge in [-0.15, -0.1) is 11.3 Å². The number of aliphatic hydroxyl groups excluding tert-OH is 1. The van der Waals surface area contributed by atoms with E-state index < -0.39 is 0 Å². The van der Waals surface area contributed by atoms with Gasteiger partial charge in [0.1, 0.15) is 5.01 Å². The maximum atomic E-state index is 11.3. The molecule has 0 aliphatic carbocycles. The van der Waals surface area contributed by atoms with Gasteiger partial charge in [0.05, 0.1) is 16.8 Å². The van der Waals surface area contributed by atoms with Gasteiger partial charge < -0.3 is 10.4 Å². The van der Waals surface area contributed by atoms with Crippen LogP contribution in [-0.2, 0) is 11.3 Å². The summed E-state index contributed by atoms with van der Waals surface area (Å²) < 4.78 is 1.13. The highest BCUT2D eigenvalue weighted by molar-refractivity contribution is 7.18. The first-order valence-electron chi connectivity index (χ1n) is 5.51. The van der Waals surface area contributed by atoms with Gasteiger partial charge in [-0.25, -0.2) is 4.98 Å². The molecule has 2 rings (SSSR count). The standard InChI is InChI=1S/C12H14N2O2S/c15-7-3-6-11(16)13-8-12-14-9-4-1-2-5-10(9)17-12/h1-2,4-5,15H,3,6-8H2,(H,13,16). The molecule has 0 bridgehead atoms. The minimum atomic E-state index is -0.0432.